The highest BCUT2D eigenvalue weighted by atomic mass is 15.4. The Morgan fingerprint density at radius 3 is 2.71 bits per heavy atom. The van der Waals surface area contributed by atoms with Crippen LogP contribution < -0.4 is 5.32 Å². The Labute approximate surface area is 166 Å². The second kappa shape index (κ2) is 9.01. The van der Waals surface area contributed by atoms with Gasteiger partial charge in [-0.25, -0.2) is 0 Å². The van der Waals surface area contributed by atoms with E-state index in [0.717, 1.165) is 63.3 Å². The standard InChI is InChI=1S/C21H29N7/c1-22-21(23-17-20-25-24-19-10-6-12-28(19)20)27-15-13-26(14-16-27)11-5-9-18-7-3-2-4-8-18/h2-5,7-9H,6,10-17H2,1H3,(H,22,23). The Morgan fingerprint density at radius 1 is 1.11 bits per heavy atom. The molecule has 0 spiro atoms. The number of nitrogens with one attached hydrogen (secondary N) is 1. The van der Waals surface area contributed by atoms with Crippen molar-refractivity contribution in [3.05, 3.63) is 53.6 Å². The highest BCUT2D eigenvalue weighted by molar-refractivity contribution is 5.79. The predicted octanol–water partition coefficient (Wildman–Crippen LogP) is 1.63. The van der Waals surface area contributed by atoms with Gasteiger partial charge >= 0.3 is 0 Å². The van der Waals surface area contributed by atoms with Crippen molar-refractivity contribution in [2.24, 2.45) is 4.99 Å². The number of fused-ring (bicyclic) bond motifs is 1. The van der Waals surface area contributed by atoms with Crippen LogP contribution in [0.4, 0.5) is 0 Å². The van der Waals surface area contributed by atoms with Crippen molar-refractivity contribution in [2.45, 2.75) is 25.9 Å². The third-order valence-corrected chi connectivity index (χ3v) is 5.45. The molecule has 148 valence electrons. The van der Waals surface area contributed by atoms with Gasteiger partial charge in [0.15, 0.2) is 11.8 Å². The Kier molecular flexibility index (Phi) is 6.01. The van der Waals surface area contributed by atoms with Gasteiger partial charge in [0.2, 0.25) is 0 Å². The first-order chi connectivity index (χ1) is 13.8. The number of hydrogen-bond donors (Lipinski definition) is 1. The lowest BCUT2D eigenvalue weighted by atomic mass is 10.2. The summed E-state index contributed by atoms with van der Waals surface area (Å²) in [4.78, 5) is 9.29. The molecule has 7 heteroatoms. The molecule has 0 saturated carbocycles. The molecule has 2 aliphatic heterocycles. The van der Waals surface area contributed by atoms with E-state index in [1.54, 1.807) is 0 Å². The second-order valence-electron chi connectivity index (χ2n) is 7.29. The summed E-state index contributed by atoms with van der Waals surface area (Å²) in [5.41, 5.74) is 1.26. The van der Waals surface area contributed by atoms with Gasteiger partial charge in [-0.15, -0.1) is 10.2 Å². The van der Waals surface area contributed by atoms with Crippen molar-refractivity contribution >= 4 is 12.0 Å². The fourth-order valence-electron chi connectivity index (χ4n) is 3.88. The van der Waals surface area contributed by atoms with E-state index in [4.69, 9.17) is 0 Å². The van der Waals surface area contributed by atoms with Crippen molar-refractivity contribution in [3.8, 4) is 0 Å². The lowest BCUT2D eigenvalue weighted by molar-refractivity contribution is 0.194. The van der Waals surface area contributed by atoms with Gasteiger partial charge in [0.25, 0.3) is 0 Å². The first-order valence-electron chi connectivity index (χ1n) is 10.1. The molecule has 7 nitrogen and oxygen atoms in total. The van der Waals surface area contributed by atoms with Crippen LogP contribution >= 0.6 is 0 Å². The maximum Gasteiger partial charge on any atom is 0.194 e. The van der Waals surface area contributed by atoms with Gasteiger partial charge in [-0.1, -0.05) is 42.5 Å². The fraction of sp³-hybridized carbons (Fsp3) is 0.476. The molecule has 1 aromatic heterocycles. The maximum atomic E-state index is 4.47. The van der Waals surface area contributed by atoms with Crippen molar-refractivity contribution in [2.75, 3.05) is 39.8 Å². The molecule has 0 unspecified atom stereocenters. The molecule has 3 heterocycles. The normalized spacial score (nSPS) is 18.0. The molecule has 1 fully saturated rings. The van der Waals surface area contributed by atoms with Gasteiger partial charge in [-0.05, 0) is 12.0 Å². The Balaban J connectivity index is 1.23. The van der Waals surface area contributed by atoms with Crippen LogP contribution in [-0.4, -0.2) is 70.3 Å². The number of piperazine rings is 1. The molecule has 0 bridgehead atoms. The Hall–Kier alpha value is -2.67. The van der Waals surface area contributed by atoms with Crippen LogP contribution in [-0.2, 0) is 19.5 Å². The maximum absolute atomic E-state index is 4.47. The molecule has 2 aliphatic rings. The molecule has 4 rings (SSSR count). The van der Waals surface area contributed by atoms with Gasteiger partial charge in [-0.3, -0.25) is 9.89 Å². The zero-order valence-electron chi connectivity index (χ0n) is 16.6. The third-order valence-electron chi connectivity index (χ3n) is 5.45. The van der Waals surface area contributed by atoms with Crippen molar-refractivity contribution < 1.29 is 0 Å². The van der Waals surface area contributed by atoms with Crippen LogP contribution in [0.5, 0.6) is 0 Å². The summed E-state index contributed by atoms with van der Waals surface area (Å²) in [6.07, 6.45) is 6.67. The fourth-order valence-corrected chi connectivity index (χ4v) is 3.88. The van der Waals surface area contributed by atoms with Crippen LogP contribution in [0.15, 0.2) is 41.4 Å². The van der Waals surface area contributed by atoms with Crippen LogP contribution in [0.2, 0.25) is 0 Å². The van der Waals surface area contributed by atoms with E-state index in [2.05, 4.69) is 71.3 Å². The summed E-state index contributed by atoms with van der Waals surface area (Å²) in [6, 6.07) is 10.5. The van der Waals surface area contributed by atoms with Gasteiger partial charge in [0, 0.05) is 52.7 Å². The summed E-state index contributed by atoms with van der Waals surface area (Å²) in [6.45, 7) is 6.75. The molecular weight excluding hydrogens is 350 g/mol. The summed E-state index contributed by atoms with van der Waals surface area (Å²) >= 11 is 0. The van der Waals surface area contributed by atoms with Crippen LogP contribution in [0, 0.1) is 0 Å². The summed E-state index contributed by atoms with van der Waals surface area (Å²) in [5.74, 6) is 3.08. The van der Waals surface area contributed by atoms with E-state index < -0.39 is 0 Å². The average molecular weight is 380 g/mol. The number of aryl methyl sites for hydroxylation is 1. The smallest absolute Gasteiger partial charge is 0.194 e. The molecular formula is C21H29N7. The molecule has 0 amide bonds. The first-order valence-corrected chi connectivity index (χ1v) is 10.1. The summed E-state index contributed by atoms with van der Waals surface area (Å²) < 4.78 is 2.23. The van der Waals surface area contributed by atoms with Gasteiger partial charge in [-0.2, -0.15) is 0 Å². The predicted molar refractivity (Wildman–Crippen MR) is 112 cm³/mol. The van der Waals surface area contributed by atoms with E-state index in [9.17, 15) is 0 Å². The van der Waals surface area contributed by atoms with Crippen LogP contribution in [0.3, 0.4) is 0 Å². The SMILES string of the molecule is CN=C(NCc1nnc2n1CCC2)N1CCN(CC=Cc2ccccc2)CC1. The third kappa shape index (κ3) is 4.42. The quantitative estimate of drug-likeness (QED) is 0.632. The van der Waals surface area contributed by atoms with Gasteiger partial charge < -0.3 is 14.8 Å². The van der Waals surface area contributed by atoms with Crippen LogP contribution in [0.1, 0.15) is 23.6 Å². The first kappa shape index (κ1) is 18.7. The number of aliphatic imine (C=N–C) groups is 1. The molecule has 1 N–H and O–H groups in total. The minimum absolute atomic E-state index is 0.680. The minimum Gasteiger partial charge on any atom is -0.349 e. The summed E-state index contributed by atoms with van der Waals surface area (Å²) in [7, 11) is 1.85. The zero-order valence-corrected chi connectivity index (χ0v) is 16.6. The Bertz CT molecular complexity index is 817. The molecule has 1 saturated heterocycles. The second-order valence-corrected chi connectivity index (χ2v) is 7.29. The Morgan fingerprint density at radius 2 is 1.93 bits per heavy atom. The number of benzene rings is 1. The van der Waals surface area contributed by atoms with Crippen molar-refractivity contribution in [1.82, 2.24) is 29.9 Å². The molecule has 28 heavy (non-hydrogen) atoms. The molecule has 2 aromatic rings. The van der Waals surface area contributed by atoms with E-state index in [-0.39, 0.29) is 0 Å². The molecule has 0 radical (unpaired) electrons. The van der Waals surface area contributed by atoms with E-state index in [1.165, 1.54) is 12.0 Å². The van der Waals surface area contributed by atoms with Gasteiger partial charge in [0.1, 0.15) is 5.82 Å². The summed E-state index contributed by atoms with van der Waals surface area (Å²) in [5, 5.41) is 12.1. The van der Waals surface area contributed by atoms with E-state index >= 15 is 0 Å². The number of rotatable bonds is 5. The highest BCUT2D eigenvalue weighted by Gasteiger charge is 2.21. The van der Waals surface area contributed by atoms with E-state index in [0.29, 0.717) is 6.54 Å². The van der Waals surface area contributed by atoms with Crippen molar-refractivity contribution in [1.29, 1.82) is 0 Å². The topological polar surface area (TPSA) is 61.6 Å². The lowest BCUT2D eigenvalue weighted by Gasteiger charge is -2.36. The lowest BCUT2D eigenvalue weighted by Crippen LogP contribution is -2.52. The monoisotopic (exact) mass is 379 g/mol. The number of hydrogen-bond acceptors (Lipinski definition) is 4. The number of aromatic nitrogens is 3. The average Bonchev–Trinajstić information content (AvgIpc) is 3.35. The van der Waals surface area contributed by atoms with Crippen LogP contribution in [0.25, 0.3) is 6.08 Å². The molecule has 1 aromatic carbocycles. The number of guanidine groups is 1. The number of nitrogens with zero attached hydrogens (tertiary/aromatic N) is 6. The van der Waals surface area contributed by atoms with Gasteiger partial charge in [0.05, 0.1) is 6.54 Å². The highest BCUT2D eigenvalue weighted by Crippen LogP contribution is 2.14. The minimum atomic E-state index is 0.680. The largest absolute Gasteiger partial charge is 0.349 e. The zero-order chi connectivity index (χ0) is 19.2. The van der Waals surface area contributed by atoms with E-state index in [1.807, 2.05) is 13.1 Å². The molecule has 0 atom stereocenters. The van der Waals surface area contributed by atoms with Crippen molar-refractivity contribution in [3.63, 3.8) is 0 Å². The molecule has 0 aliphatic carbocycles.